The Morgan fingerprint density at radius 3 is 2.33 bits per heavy atom. The van der Waals surface area contributed by atoms with Gasteiger partial charge in [0.1, 0.15) is 0 Å². The predicted molar refractivity (Wildman–Crippen MR) is 75.5 cm³/mol. The molecule has 0 unspecified atom stereocenters. The lowest BCUT2D eigenvalue weighted by Gasteiger charge is -2.32. The molecule has 0 spiro atoms. The van der Waals surface area contributed by atoms with Crippen LogP contribution in [0.2, 0.25) is 0 Å². The van der Waals surface area contributed by atoms with Crippen molar-refractivity contribution in [2.45, 2.75) is 64.6 Å². The minimum atomic E-state index is -0.228. The van der Waals surface area contributed by atoms with E-state index in [0.717, 1.165) is 19.5 Å². The van der Waals surface area contributed by atoms with Gasteiger partial charge in [0, 0.05) is 0 Å². The molecule has 2 aliphatic heterocycles. The van der Waals surface area contributed by atoms with Crippen LogP contribution < -0.4 is 5.32 Å². The highest BCUT2D eigenvalue weighted by Crippen LogP contribution is 2.37. The molecule has 4 heteroatoms. The van der Waals surface area contributed by atoms with E-state index < -0.39 is 0 Å². The van der Waals surface area contributed by atoms with Crippen molar-refractivity contribution in [1.82, 2.24) is 5.32 Å². The molecule has 2 fully saturated rings. The van der Waals surface area contributed by atoms with Crippen molar-refractivity contribution in [3.05, 3.63) is 11.5 Å². The van der Waals surface area contributed by atoms with Crippen molar-refractivity contribution in [3.63, 3.8) is 0 Å². The fourth-order valence-electron chi connectivity index (χ4n) is 2.42. The molecule has 2 aliphatic rings. The van der Waals surface area contributed by atoms with Crippen LogP contribution in [0.3, 0.4) is 0 Å². The minimum Gasteiger partial charge on any atom is -0.400 e. The number of nitrogens with one attached hydrogen (secondary N) is 1. The Hall–Kier alpha value is -0.315. The largest absolute Gasteiger partial charge is 0.487 e. The molecular formula is C14H26BNO2. The summed E-state index contributed by atoms with van der Waals surface area (Å²) in [5.74, 6) is 2.20. The average molecular weight is 251 g/mol. The minimum absolute atomic E-state index is 0.176. The first kappa shape index (κ1) is 14.1. The average Bonchev–Trinajstić information content (AvgIpc) is 2.39. The summed E-state index contributed by atoms with van der Waals surface area (Å²) in [4.78, 5) is 0. The van der Waals surface area contributed by atoms with Crippen LogP contribution in [0.25, 0.3) is 0 Å². The molecule has 2 saturated heterocycles. The maximum Gasteiger partial charge on any atom is 0.487 e. The Morgan fingerprint density at radius 2 is 1.67 bits per heavy atom. The van der Waals surface area contributed by atoms with E-state index in [9.17, 15) is 0 Å². The quantitative estimate of drug-likeness (QED) is 0.727. The highest BCUT2D eigenvalue weighted by Gasteiger charge is 2.50. The molecule has 0 aromatic heterocycles. The van der Waals surface area contributed by atoms with Crippen molar-refractivity contribution < 1.29 is 9.31 Å². The Kier molecular flexibility index (Phi) is 4.20. The van der Waals surface area contributed by atoms with Crippen molar-refractivity contribution in [1.29, 1.82) is 0 Å². The van der Waals surface area contributed by atoms with E-state index >= 15 is 0 Å². The van der Waals surface area contributed by atoms with Crippen molar-refractivity contribution in [2.24, 2.45) is 0 Å². The molecule has 0 atom stereocenters. The van der Waals surface area contributed by atoms with Gasteiger partial charge in [-0.2, -0.15) is 0 Å². The van der Waals surface area contributed by atoms with Crippen LogP contribution in [0.4, 0.5) is 0 Å². The van der Waals surface area contributed by atoms with E-state index in [1.54, 1.807) is 0 Å². The zero-order valence-corrected chi connectivity index (χ0v) is 12.2. The number of rotatable bonds is 1. The van der Waals surface area contributed by atoms with Crippen LogP contribution in [0.1, 0.15) is 53.4 Å². The molecule has 0 aromatic rings. The molecule has 0 radical (unpaired) electrons. The molecular weight excluding hydrogens is 225 g/mol. The van der Waals surface area contributed by atoms with Gasteiger partial charge >= 0.3 is 7.12 Å². The molecule has 0 aromatic carbocycles. The van der Waals surface area contributed by atoms with E-state index in [1.165, 1.54) is 24.8 Å². The summed E-state index contributed by atoms with van der Waals surface area (Å²) < 4.78 is 12.0. The summed E-state index contributed by atoms with van der Waals surface area (Å²) in [6, 6.07) is 0. The van der Waals surface area contributed by atoms with Gasteiger partial charge in [0.15, 0.2) is 0 Å². The molecule has 2 heterocycles. The SMILES string of the molecule is CC1(C)OB(/C=C2/CCCCNCC2)OC1(C)C. The molecule has 102 valence electrons. The van der Waals surface area contributed by atoms with Crippen LogP contribution in [-0.4, -0.2) is 31.4 Å². The molecule has 2 rings (SSSR count). The lowest BCUT2D eigenvalue weighted by atomic mass is 9.84. The summed E-state index contributed by atoms with van der Waals surface area (Å²) >= 11 is 0. The first-order valence-corrected chi connectivity index (χ1v) is 7.17. The molecule has 0 amide bonds. The second-order valence-corrected chi connectivity index (χ2v) is 6.41. The monoisotopic (exact) mass is 251 g/mol. The topological polar surface area (TPSA) is 30.5 Å². The predicted octanol–water partition coefficient (Wildman–Crippen LogP) is 2.71. The maximum atomic E-state index is 6.02. The smallest absolute Gasteiger partial charge is 0.400 e. The normalized spacial score (nSPS) is 30.2. The standard InChI is InChI=1S/C14H26BNO2/c1-13(2)14(3,4)18-15(17-13)11-12-7-5-6-9-16-10-8-12/h11,16H,5-10H2,1-4H3/b12-11-. The van der Waals surface area contributed by atoms with E-state index in [-0.39, 0.29) is 18.3 Å². The van der Waals surface area contributed by atoms with Gasteiger partial charge in [-0.25, -0.2) is 0 Å². The van der Waals surface area contributed by atoms with Gasteiger partial charge in [0.05, 0.1) is 11.2 Å². The Morgan fingerprint density at radius 1 is 1.00 bits per heavy atom. The van der Waals surface area contributed by atoms with Gasteiger partial charge in [-0.05, 0) is 66.5 Å². The third-order valence-corrected chi connectivity index (χ3v) is 4.37. The summed E-state index contributed by atoms with van der Waals surface area (Å²) in [5, 5.41) is 3.45. The van der Waals surface area contributed by atoms with Gasteiger partial charge in [-0.15, -0.1) is 0 Å². The van der Waals surface area contributed by atoms with E-state index in [4.69, 9.17) is 9.31 Å². The highest BCUT2D eigenvalue weighted by atomic mass is 16.7. The first-order chi connectivity index (χ1) is 8.41. The van der Waals surface area contributed by atoms with Gasteiger partial charge in [0.2, 0.25) is 0 Å². The molecule has 0 saturated carbocycles. The maximum absolute atomic E-state index is 6.02. The molecule has 1 N–H and O–H groups in total. The van der Waals surface area contributed by atoms with Crippen molar-refractivity contribution >= 4 is 7.12 Å². The second kappa shape index (κ2) is 5.36. The Bertz CT molecular complexity index is 300. The summed E-state index contributed by atoms with van der Waals surface area (Å²) in [6.45, 7) is 10.6. The van der Waals surface area contributed by atoms with Crippen LogP contribution >= 0.6 is 0 Å². The van der Waals surface area contributed by atoms with Gasteiger partial charge < -0.3 is 14.6 Å². The zero-order chi connectivity index (χ0) is 13.2. The summed E-state index contributed by atoms with van der Waals surface area (Å²) in [5.41, 5.74) is 1.02. The van der Waals surface area contributed by atoms with E-state index in [2.05, 4.69) is 39.0 Å². The first-order valence-electron chi connectivity index (χ1n) is 7.17. The lowest BCUT2D eigenvalue weighted by Crippen LogP contribution is -2.41. The van der Waals surface area contributed by atoms with Gasteiger partial charge in [-0.1, -0.05) is 11.5 Å². The Labute approximate surface area is 111 Å². The van der Waals surface area contributed by atoms with Crippen LogP contribution in [0, 0.1) is 0 Å². The highest BCUT2D eigenvalue weighted by molar-refractivity contribution is 6.51. The van der Waals surface area contributed by atoms with Crippen LogP contribution in [0.5, 0.6) is 0 Å². The third kappa shape index (κ3) is 3.17. The fourth-order valence-corrected chi connectivity index (χ4v) is 2.42. The lowest BCUT2D eigenvalue weighted by molar-refractivity contribution is 0.00578. The van der Waals surface area contributed by atoms with Crippen molar-refractivity contribution in [3.8, 4) is 0 Å². The van der Waals surface area contributed by atoms with E-state index in [1.807, 2.05) is 0 Å². The molecule has 18 heavy (non-hydrogen) atoms. The fraction of sp³-hybridized carbons (Fsp3) is 0.857. The third-order valence-electron chi connectivity index (χ3n) is 4.37. The van der Waals surface area contributed by atoms with E-state index in [0.29, 0.717) is 0 Å². The number of hydrogen-bond donors (Lipinski definition) is 1. The zero-order valence-electron chi connectivity index (χ0n) is 12.2. The summed E-state index contributed by atoms with van der Waals surface area (Å²) in [7, 11) is -0.176. The summed E-state index contributed by atoms with van der Waals surface area (Å²) in [6.07, 6.45) is 4.83. The number of hydrogen-bond acceptors (Lipinski definition) is 3. The van der Waals surface area contributed by atoms with Crippen LogP contribution in [-0.2, 0) is 9.31 Å². The van der Waals surface area contributed by atoms with Crippen molar-refractivity contribution in [2.75, 3.05) is 13.1 Å². The molecule has 0 aliphatic carbocycles. The van der Waals surface area contributed by atoms with Gasteiger partial charge in [-0.3, -0.25) is 0 Å². The molecule has 3 nitrogen and oxygen atoms in total. The van der Waals surface area contributed by atoms with Gasteiger partial charge in [0.25, 0.3) is 0 Å². The second-order valence-electron chi connectivity index (χ2n) is 6.41. The Balaban J connectivity index is 2.00. The molecule has 0 bridgehead atoms. The van der Waals surface area contributed by atoms with Crippen LogP contribution in [0.15, 0.2) is 11.5 Å².